The fraction of sp³-hybridized carbons (Fsp3) is 0.667. The molecule has 2 fully saturated rings. The minimum Gasteiger partial charge on any atom is -0.378 e. The molecule has 1 aliphatic carbocycles. The molecule has 1 amide bonds. The maximum absolute atomic E-state index is 12.3. The molecule has 0 unspecified atom stereocenters. The Morgan fingerprint density at radius 3 is 2.50 bits per heavy atom. The van der Waals surface area contributed by atoms with E-state index < -0.39 is 0 Å². The number of carbonyl (C=O) groups excluding carboxylic acids is 1. The number of nitrogens with zero attached hydrogens (tertiary/aromatic N) is 2. The molecule has 1 saturated carbocycles. The number of hydrogen-bond donors (Lipinski definition) is 1. The summed E-state index contributed by atoms with van der Waals surface area (Å²) >= 11 is 0. The summed E-state index contributed by atoms with van der Waals surface area (Å²) in [6.45, 7) is 9.94. The first-order valence-corrected chi connectivity index (χ1v) is 10.1. The largest absolute Gasteiger partial charge is 0.378 e. The van der Waals surface area contributed by atoms with E-state index in [0.717, 1.165) is 51.0 Å². The summed E-state index contributed by atoms with van der Waals surface area (Å²) in [7, 11) is 0. The van der Waals surface area contributed by atoms with Gasteiger partial charge in [-0.2, -0.15) is 0 Å². The van der Waals surface area contributed by atoms with Crippen molar-refractivity contribution in [1.82, 2.24) is 4.90 Å². The Bertz CT molecular complexity index is 563. The van der Waals surface area contributed by atoms with Gasteiger partial charge in [-0.1, -0.05) is 13.8 Å². The highest BCUT2D eigenvalue weighted by molar-refractivity contribution is 5.91. The van der Waals surface area contributed by atoms with Crippen molar-refractivity contribution < 1.29 is 9.53 Å². The molecule has 1 aliphatic heterocycles. The van der Waals surface area contributed by atoms with Gasteiger partial charge in [0.15, 0.2) is 0 Å². The zero-order chi connectivity index (χ0) is 18.4. The maximum Gasteiger partial charge on any atom is 0.225 e. The van der Waals surface area contributed by atoms with Gasteiger partial charge in [0.25, 0.3) is 0 Å². The standard InChI is InChI=1S/C21H33N3O2/c1-17(2)9-11-23(20-7-8-20)12-10-21(25)22-18-3-5-19(6-4-18)24-13-15-26-16-14-24/h3-6,17,20H,7-16H2,1-2H3,(H,22,25). The van der Waals surface area contributed by atoms with Crippen LogP contribution < -0.4 is 10.2 Å². The number of ether oxygens (including phenoxy) is 1. The first-order valence-electron chi connectivity index (χ1n) is 10.1. The van der Waals surface area contributed by atoms with Crippen molar-refractivity contribution in [3.63, 3.8) is 0 Å². The van der Waals surface area contributed by atoms with Gasteiger partial charge in [0.05, 0.1) is 13.2 Å². The number of anilines is 2. The summed E-state index contributed by atoms with van der Waals surface area (Å²) in [5.41, 5.74) is 2.08. The van der Waals surface area contributed by atoms with Crippen LogP contribution in [0.2, 0.25) is 0 Å². The number of carbonyl (C=O) groups is 1. The van der Waals surface area contributed by atoms with Crippen LogP contribution in [0.4, 0.5) is 11.4 Å². The van der Waals surface area contributed by atoms with Crippen molar-refractivity contribution >= 4 is 17.3 Å². The van der Waals surface area contributed by atoms with Crippen LogP contribution in [0.3, 0.4) is 0 Å². The summed E-state index contributed by atoms with van der Waals surface area (Å²) in [6, 6.07) is 8.88. The maximum atomic E-state index is 12.3. The lowest BCUT2D eigenvalue weighted by Crippen LogP contribution is -2.36. The van der Waals surface area contributed by atoms with Gasteiger partial charge in [0.1, 0.15) is 0 Å². The van der Waals surface area contributed by atoms with Crippen molar-refractivity contribution in [2.45, 2.75) is 45.6 Å². The Kier molecular flexibility index (Phi) is 6.92. The van der Waals surface area contributed by atoms with E-state index in [4.69, 9.17) is 4.74 Å². The fourth-order valence-electron chi connectivity index (χ4n) is 3.39. The highest BCUT2D eigenvalue weighted by atomic mass is 16.5. The zero-order valence-electron chi connectivity index (χ0n) is 16.2. The molecule has 0 aromatic heterocycles. The van der Waals surface area contributed by atoms with Crippen molar-refractivity contribution in [3.8, 4) is 0 Å². The van der Waals surface area contributed by atoms with E-state index in [1.54, 1.807) is 0 Å². The summed E-state index contributed by atoms with van der Waals surface area (Å²) in [4.78, 5) is 17.1. The molecule has 0 spiro atoms. The Balaban J connectivity index is 1.43. The smallest absolute Gasteiger partial charge is 0.225 e. The monoisotopic (exact) mass is 359 g/mol. The van der Waals surface area contributed by atoms with Crippen LogP contribution in [0.25, 0.3) is 0 Å². The molecule has 26 heavy (non-hydrogen) atoms. The molecule has 1 aromatic carbocycles. The van der Waals surface area contributed by atoms with Crippen LogP contribution in [0.5, 0.6) is 0 Å². The molecule has 1 aromatic rings. The van der Waals surface area contributed by atoms with Gasteiger partial charge in [-0.15, -0.1) is 0 Å². The highest BCUT2D eigenvalue weighted by Crippen LogP contribution is 2.27. The second kappa shape index (κ2) is 9.38. The summed E-state index contributed by atoms with van der Waals surface area (Å²) in [6.07, 6.45) is 4.37. The Morgan fingerprint density at radius 2 is 1.88 bits per heavy atom. The van der Waals surface area contributed by atoms with Gasteiger partial charge >= 0.3 is 0 Å². The number of morpholine rings is 1. The molecule has 0 bridgehead atoms. The molecule has 3 rings (SSSR count). The Morgan fingerprint density at radius 1 is 1.19 bits per heavy atom. The summed E-state index contributed by atoms with van der Waals surface area (Å²) < 4.78 is 5.39. The quantitative estimate of drug-likeness (QED) is 0.734. The zero-order valence-corrected chi connectivity index (χ0v) is 16.2. The summed E-state index contributed by atoms with van der Waals surface area (Å²) in [5, 5.41) is 3.04. The second-order valence-electron chi connectivity index (χ2n) is 7.89. The predicted molar refractivity (Wildman–Crippen MR) is 107 cm³/mol. The van der Waals surface area contributed by atoms with Crippen LogP contribution in [0.15, 0.2) is 24.3 Å². The molecule has 1 heterocycles. The van der Waals surface area contributed by atoms with E-state index in [2.05, 4.69) is 41.1 Å². The van der Waals surface area contributed by atoms with Crippen molar-refractivity contribution in [3.05, 3.63) is 24.3 Å². The molecule has 0 radical (unpaired) electrons. The van der Waals surface area contributed by atoms with Crippen LogP contribution in [-0.2, 0) is 9.53 Å². The SMILES string of the molecule is CC(C)CCN(CCC(=O)Nc1ccc(N2CCOCC2)cc1)C1CC1. The lowest BCUT2D eigenvalue weighted by atomic mass is 10.1. The average Bonchev–Trinajstić information content (AvgIpc) is 3.48. The molecule has 5 heteroatoms. The normalized spacial score (nSPS) is 17.8. The molecule has 1 N–H and O–H groups in total. The minimum absolute atomic E-state index is 0.110. The van der Waals surface area contributed by atoms with E-state index in [-0.39, 0.29) is 5.91 Å². The highest BCUT2D eigenvalue weighted by Gasteiger charge is 2.28. The molecule has 1 saturated heterocycles. The first-order chi connectivity index (χ1) is 12.6. The molecule has 0 atom stereocenters. The van der Waals surface area contributed by atoms with Gasteiger partial charge in [0, 0.05) is 43.5 Å². The summed E-state index contributed by atoms with van der Waals surface area (Å²) in [5.74, 6) is 0.828. The third-order valence-corrected chi connectivity index (χ3v) is 5.21. The minimum atomic E-state index is 0.110. The number of rotatable bonds is 9. The lowest BCUT2D eigenvalue weighted by molar-refractivity contribution is -0.116. The average molecular weight is 360 g/mol. The number of benzene rings is 1. The van der Waals surface area contributed by atoms with Gasteiger partial charge in [-0.25, -0.2) is 0 Å². The van der Waals surface area contributed by atoms with Crippen LogP contribution in [0, 0.1) is 5.92 Å². The van der Waals surface area contributed by atoms with E-state index in [0.29, 0.717) is 12.5 Å². The van der Waals surface area contributed by atoms with Crippen molar-refractivity contribution in [2.24, 2.45) is 5.92 Å². The fourth-order valence-corrected chi connectivity index (χ4v) is 3.39. The van der Waals surface area contributed by atoms with Gasteiger partial charge in [-0.3, -0.25) is 9.69 Å². The number of hydrogen-bond acceptors (Lipinski definition) is 4. The van der Waals surface area contributed by atoms with Crippen molar-refractivity contribution in [1.29, 1.82) is 0 Å². The number of amides is 1. The number of nitrogens with one attached hydrogen (secondary N) is 1. The van der Waals surface area contributed by atoms with Gasteiger partial charge < -0.3 is 15.0 Å². The van der Waals surface area contributed by atoms with E-state index in [9.17, 15) is 4.79 Å². The molecule has 144 valence electrons. The molecular weight excluding hydrogens is 326 g/mol. The Hall–Kier alpha value is -1.59. The van der Waals surface area contributed by atoms with E-state index >= 15 is 0 Å². The third kappa shape index (κ3) is 5.99. The molecule has 2 aliphatic rings. The van der Waals surface area contributed by atoms with Gasteiger partial charge in [-0.05, 0) is 56.0 Å². The predicted octanol–water partition coefficient (Wildman–Crippen LogP) is 3.36. The topological polar surface area (TPSA) is 44.8 Å². The van der Waals surface area contributed by atoms with Crippen LogP contribution in [-0.4, -0.2) is 56.2 Å². The molecular formula is C21H33N3O2. The van der Waals surface area contributed by atoms with Crippen LogP contribution >= 0.6 is 0 Å². The third-order valence-electron chi connectivity index (χ3n) is 5.21. The lowest BCUT2D eigenvalue weighted by Gasteiger charge is -2.28. The van der Waals surface area contributed by atoms with E-state index in [1.165, 1.54) is 24.9 Å². The van der Waals surface area contributed by atoms with Gasteiger partial charge in [0.2, 0.25) is 5.91 Å². The van der Waals surface area contributed by atoms with E-state index in [1.807, 2.05) is 12.1 Å². The second-order valence-corrected chi connectivity index (χ2v) is 7.89. The molecule has 5 nitrogen and oxygen atoms in total. The van der Waals surface area contributed by atoms with Crippen molar-refractivity contribution in [2.75, 3.05) is 49.6 Å². The first kappa shape index (κ1) is 19.2. The van der Waals surface area contributed by atoms with Crippen LogP contribution in [0.1, 0.15) is 39.5 Å². The Labute approximate surface area is 157 Å².